The monoisotopic (exact) mass is 327 g/mol. The summed E-state index contributed by atoms with van der Waals surface area (Å²) in [6, 6.07) is 5.59. The Balaban J connectivity index is 2.61. The fourth-order valence-electron chi connectivity index (χ4n) is 1.90. The summed E-state index contributed by atoms with van der Waals surface area (Å²) in [6.45, 7) is 2.76. The highest BCUT2D eigenvalue weighted by Crippen LogP contribution is 2.19. The molecule has 1 rings (SSSR count). The number of methoxy groups -OCH3 is 1. The molecule has 4 heteroatoms. The van der Waals surface area contributed by atoms with Gasteiger partial charge in [-0.15, -0.1) is 0 Å². The van der Waals surface area contributed by atoms with Crippen LogP contribution < -0.4 is 4.74 Å². The lowest BCUT2D eigenvalue weighted by Gasteiger charge is -2.17. The Labute approximate surface area is 124 Å². The third-order valence-electron chi connectivity index (χ3n) is 3.13. The second-order valence-electron chi connectivity index (χ2n) is 4.66. The van der Waals surface area contributed by atoms with Gasteiger partial charge >= 0.3 is 0 Å². The Morgan fingerprint density at radius 2 is 2.05 bits per heavy atom. The smallest absolute Gasteiger partial charge is 0.253 e. The summed E-state index contributed by atoms with van der Waals surface area (Å²) in [4.78, 5) is 14.0. The number of rotatable bonds is 7. The molecule has 3 nitrogen and oxygen atoms in total. The second-order valence-corrected chi connectivity index (χ2v) is 5.45. The lowest BCUT2D eigenvalue weighted by atomic mass is 10.1. The van der Waals surface area contributed by atoms with Crippen LogP contribution in [0.15, 0.2) is 18.2 Å². The summed E-state index contributed by atoms with van der Waals surface area (Å²) in [6.07, 6.45) is 3.33. The van der Waals surface area contributed by atoms with Crippen molar-refractivity contribution in [2.75, 3.05) is 26.0 Å². The maximum atomic E-state index is 12.2. The van der Waals surface area contributed by atoms with E-state index in [-0.39, 0.29) is 5.91 Å². The molecule has 0 aliphatic carbocycles. The maximum absolute atomic E-state index is 12.2. The summed E-state index contributed by atoms with van der Waals surface area (Å²) in [7, 11) is 3.48. The Hall–Kier alpha value is -1.03. The first-order valence-corrected chi connectivity index (χ1v) is 7.68. The molecule has 1 aromatic rings. The number of benzene rings is 1. The standard InChI is InChI=1S/C15H22BrNO2/c1-12-7-8-13(11-14(12)19-3)15(18)17(2)10-6-4-5-9-16/h7-8,11H,4-6,9-10H2,1-3H3. The van der Waals surface area contributed by atoms with Gasteiger partial charge in [0.05, 0.1) is 7.11 Å². The molecule has 0 N–H and O–H groups in total. The highest BCUT2D eigenvalue weighted by molar-refractivity contribution is 9.09. The van der Waals surface area contributed by atoms with Crippen LogP contribution in [0.2, 0.25) is 0 Å². The maximum Gasteiger partial charge on any atom is 0.253 e. The molecule has 0 bridgehead atoms. The van der Waals surface area contributed by atoms with Crippen LogP contribution in [0.5, 0.6) is 5.75 Å². The first-order valence-electron chi connectivity index (χ1n) is 6.56. The van der Waals surface area contributed by atoms with E-state index in [0.29, 0.717) is 5.56 Å². The van der Waals surface area contributed by atoms with Crippen molar-refractivity contribution in [1.29, 1.82) is 0 Å². The number of ether oxygens (including phenoxy) is 1. The number of carbonyl (C=O) groups is 1. The summed E-state index contributed by atoms with van der Waals surface area (Å²) in [5.41, 5.74) is 1.73. The van der Waals surface area contributed by atoms with Gasteiger partial charge in [-0.2, -0.15) is 0 Å². The van der Waals surface area contributed by atoms with E-state index in [2.05, 4.69) is 15.9 Å². The average molecular weight is 328 g/mol. The van der Waals surface area contributed by atoms with Crippen molar-refractivity contribution >= 4 is 21.8 Å². The van der Waals surface area contributed by atoms with E-state index >= 15 is 0 Å². The molecule has 106 valence electrons. The predicted molar refractivity (Wildman–Crippen MR) is 82.3 cm³/mol. The molecule has 1 aromatic carbocycles. The van der Waals surface area contributed by atoms with E-state index in [9.17, 15) is 4.79 Å². The van der Waals surface area contributed by atoms with Crippen LogP contribution in [-0.4, -0.2) is 36.8 Å². The van der Waals surface area contributed by atoms with Crippen molar-refractivity contribution in [3.8, 4) is 5.75 Å². The molecule has 0 aromatic heterocycles. The van der Waals surface area contributed by atoms with Gasteiger partial charge < -0.3 is 9.64 Å². The molecular weight excluding hydrogens is 306 g/mol. The van der Waals surface area contributed by atoms with Crippen molar-refractivity contribution in [3.05, 3.63) is 29.3 Å². The molecule has 1 amide bonds. The van der Waals surface area contributed by atoms with Crippen LogP contribution in [0.3, 0.4) is 0 Å². The van der Waals surface area contributed by atoms with Gasteiger partial charge in [-0.3, -0.25) is 4.79 Å². The van der Waals surface area contributed by atoms with Crippen molar-refractivity contribution < 1.29 is 9.53 Å². The fraction of sp³-hybridized carbons (Fsp3) is 0.533. The largest absolute Gasteiger partial charge is 0.496 e. The van der Waals surface area contributed by atoms with Gasteiger partial charge in [-0.05, 0) is 37.5 Å². The first-order chi connectivity index (χ1) is 9.10. The van der Waals surface area contributed by atoms with Gasteiger partial charge in [0, 0.05) is 24.5 Å². The molecule has 0 fully saturated rings. The van der Waals surface area contributed by atoms with E-state index in [4.69, 9.17) is 4.74 Å². The molecular formula is C15H22BrNO2. The Kier molecular flexibility index (Phi) is 6.92. The average Bonchev–Trinajstić information content (AvgIpc) is 2.43. The van der Waals surface area contributed by atoms with E-state index in [1.165, 1.54) is 0 Å². The third kappa shape index (κ3) is 4.86. The zero-order valence-corrected chi connectivity index (χ0v) is 13.5. The second kappa shape index (κ2) is 8.20. The molecule has 0 aliphatic heterocycles. The molecule has 0 saturated carbocycles. The number of hydrogen-bond donors (Lipinski definition) is 0. The van der Waals surface area contributed by atoms with Crippen molar-refractivity contribution in [2.45, 2.75) is 26.2 Å². The van der Waals surface area contributed by atoms with Crippen LogP contribution in [0, 0.1) is 6.92 Å². The summed E-state index contributed by atoms with van der Waals surface area (Å²) >= 11 is 3.41. The highest BCUT2D eigenvalue weighted by atomic mass is 79.9. The minimum absolute atomic E-state index is 0.0529. The zero-order chi connectivity index (χ0) is 14.3. The Morgan fingerprint density at radius 3 is 2.68 bits per heavy atom. The van der Waals surface area contributed by atoms with E-state index in [0.717, 1.165) is 42.5 Å². The quantitative estimate of drug-likeness (QED) is 0.565. The first kappa shape index (κ1) is 16.0. The fourth-order valence-corrected chi connectivity index (χ4v) is 2.29. The van der Waals surface area contributed by atoms with Gasteiger partial charge in [0.1, 0.15) is 5.75 Å². The third-order valence-corrected chi connectivity index (χ3v) is 3.69. The summed E-state index contributed by atoms with van der Waals surface area (Å²) in [5, 5.41) is 1.03. The number of hydrogen-bond acceptors (Lipinski definition) is 2. The molecule has 0 unspecified atom stereocenters. The van der Waals surface area contributed by atoms with Crippen LogP contribution >= 0.6 is 15.9 Å². The lowest BCUT2D eigenvalue weighted by molar-refractivity contribution is 0.0792. The molecule has 0 saturated heterocycles. The molecule has 0 atom stereocenters. The highest BCUT2D eigenvalue weighted by Gasteiger charge is 2.12. The van der Waals surface area contributed by atoms with Gasteiger partial charge in [0.2, 0.25) is 0 Å². The Bertz CT molecular complexity index is 421. The van der Waals surface area contributed by atoms with Crippen LogP contribution in [-0.2, 0) is 0 Å². The van der Waals surface area contributed by atoms with E-state index in [1.54, 1.807) is 12.0 Å². The van der Waals surface area contributed by atoms with Crippen molar-refractivity contribution in [2.24, 2.45) is 0 Å². The van der Waals surface area contributed by atoms with E-state index < -0.39 is 0 Å². The number of alkyl halides is 1. The topological polar surface area (TPSA) is 29.5 Å². The zero-order valence-electron chi connectivity index (χ0n) is 11.9. The molecule has 0 radical (unpaired) electrons. The van der Waals surface area contributed by atoms with Crippen LogP contribution in [0.25, 0.3) is 0 Å². The minimum Gasteiger partial charge on any atom is -0.496 e. The van der Waals surface area contributed by atoms with Gasteiger partial charge in [0.25, 0.3) is 5.91 Å². The number of carbonyl (C=O) groups excluding carboxylic acids is 1. The molecule has 0 spiro atoms. The molecule has 0 heterocycles. The predicted octanol–water partition coefficient (Wildman–Crippen LogP) is 3.64. The number of amides is 1. The number of unbranched alkanes of at least 4 members (excludes halogenated alkanes) is 2. The minimum atomic E-state index is 0.0529. The van der Waals surface area contributed by atoms with Gasteiger partial charge in [0.15, 0.2) is 0 Å². The summed E-state index contributed by atoms with van der Waals surface area (Å²) < 4.78 is 5.25. The number of nitrogens with zero attached hydrogens (tertiary/aromatic N) is 1. The van der Waals surface area contributed by atoms with Crippen LogP contribution in [0.1, 0.15) is 35.2 Å². The number of aryl methyl sites for hydroxylation is 1. The van der Waals surface area contributed by atoms with Gasteiger partial charge in [-0.25, -0.2) is 0 Å². The number of halogens is 1. The van der Waals surface area contributed by atoms with E-state index in [1.807, 2.05) is 32.2 Å². The SMILES string of the molecule is COc1cc(C(=O)N(C)CCCCCBr)ccc1C. The van der Waals surface area contributed by atoms with Crippen molar-refractivity contribution in [3.63, 3.8) is 0 Å². The molecule has 0 aliphatic rings. The van der Waals surface area contributed by atoms with Gasteiger partial charge in [-0.1, -0.05) is 28.4 Å². The van der Waals surface area contributed by atoms with Crippen molar-refractivity contribution in [1.82, 2.24) is 4.90 Å². The van der Waals surface area contributed by atoms with Crippen LogP contribution in [0.4, 0.5) is 0 Å². The normalized spacial score (nSPS) is 10.3. The molecule has 19 heavy (non-hydrogen) atoms. The summed E-state index contributed by atoms with van der Waals surface area (Å²) in [5.74, 6) is 0.815. The Morgan fingerprint density at radius 1 is 1.32 bits per heavy atom. The lowest BCUT2D eigenvalue weighted by Crippen LogP contribution is -2.27.